The number of aryl methyl sites for hydroxylation is 1. The van der Waals surface area contributed by atoms with Crippen LogP contribution in [0.15, 0.2) is 111 Å². The smallest absolute Gasteiger partial charge is 0.296 e. The Morgan fingerprint density at radius 2 is 1.51 bits per heavy atom. The largest absolute Gasteiger partial charge is 0.505 e. The highest BCUT2D eigenvalue weighted by Gasteiger charge is 2.23. The lowest BCUT2D eigenvalue weighted by atomic mass is 10.1. The molecule has 0 unspecified atom stereocenters. The van der Waals surface area contributed by atoms with E-state index in [1.807, 2.05) is 30.3 Å². The van der Waals surface area contributed by atoms with Crippen LogP contribution in [-0.4, -0.2) is 40.7 Å². The van der Waals surface area contributed by atoms with Crippen LogP contribution in [0.3, 0.4) is 0 Å². The first-order chi connectivity index (χ1) is 21.4. The van der Waals surface area contributed by atoms with Gasteiger partial charge in [-0.15, -0.1) is 0 Å². The van der Waals surface area contributed by atoms with E-state index in [-0.39, 0.29) is 22.0 Å². The van der Waals surface area contributed by atoms with Crippen molar-refractivity contribution in [2.75, 3.05) is 24.8 Å². The fourth-order valence-electron chi connectivity index (χ4n) is 4.56. The summed E-state index contributed by atoms with van der Waals surface area (Å²) in [5.74, 6) is -0.146. The number of anilines is 4. The molecule has 0 radical (unpaired) electrons. The van der Waals surface area contributed by atoms with Crippen molar-refractivity contribution in [1.82, 2.24) is 4.72 Å². The van der Waals surface area contributed by atoms with Gasteiger partial charge in [-0.05, 0) is 91.7 Å². The lowest BCUT2D eigenvalue weighted by molar-refractivity contribution is 0.416. The van der Waals surface area contributed by atoms with Crippen molar-refractivity contribution in [3.8, 4) is 11.5 Å². The van der Waals surface area contributed by atoms with Gasteiger partial charge in [-0.3, -0.25) is 4.55 Å². The van der Waals surface area contributed by atoms with Gasteiger partial charge in [0.1, 0.15) is 22.1 Å². The van der Waals surface area contributed by atoms with Gasteiger partial charge in [0.2, 0.25) is 10.0 Å². The van der Waals surface area contributed by atoms with Gasteiger partial charge < -0.3 is 20.5 Å². The average Bonchev–Trinajstić information content (AvgIpc) is 3.02. The van der Waals surface area contributed by atoms with Gasteiger partial charge in [0.05, 0.1) is 29.1 Å². The maximum Gasteiger partial charge on any atom is 0.296 e. The van der Waals surface area contributed by atoms with Crippen molar-refractivity contribution in [3.63, 3.8) is 0 Å². The first kappa shape index (κ1) is 31.4. The van der Waals surface area contributed by atoms with Gasteiger partial charge in [0.25, 0.3) is 10.1 Å². The molecule has 0 bridgehead atoms. The van der Waals surface area contributed by atoms with E-state index in [4.69, 9.17) is 4.74 Å². The van der Waals surface area contributed by atoms with E-state index in [2.05, 4.69) is 25.6 Å². The summed E-state index contributed by atoms with van der Waals surface area (Å²) in [5, 5.41) is 26.5. The lowest BCUT2D eigenvalue weighted by Gasteiger charge is -2.18. The average molecular weight is 648 g/mol. The molecule has 0 heterocycles. The Bertz CT molecular complexity index is 2140. The number of sulfonamides is 1. The van der Waals surface area contributed by atoms with Gasteiger partial charge in [-0.2, -0.15) is 18.6 Å². The third-order valence-electron chi connectivity index (χ3n) is 6.88. The second kappa shape index (κ2) is 12.5. The van der Waals surface area contributed by atoms with E-state index < -0.39 is 30.8 Å². The number of phenolic OH excluding ortho intramolecular Hbond substituents is 1. The molecule has 5 N–H and O–H groups in total. The van der Waals surface area contributed by atoms with E-state index in [0.717, 1.165) is 5.69 Å². The Morgan fingerprint density at radius 3 is 2.16 bits per heavy atom. The molecular weight excluding hydrogens is 619 g/mol. The van der Waals surface area contributed by atoms with E-state index >= 15 is 0 Å². The quantitative estimate of drug-likeness (QED) is 0.0611. The van der Waals surface area contributed by atoms with Crippen LogP contribution in [-0.2, 0) is 20.1 Å². The zero-order valence-electron chi connectivity index (χ0n) is 24.3. The Labute approximate surface area is 260 Å². The highest BCUT2D eigenvalue weighted by Crippen LogP contribution is 2.43. The fraction of sp³-hybridized carbons (Fsp3) is 0.0968. The van der Waals surface area contributed by atoms with Crippen LogP contribution in [0.2, 0.25) is 0 Å². The molecule has 0 aliphatic rings. The summed E-state index contributed by atoms with van der Waals surface area (Å²) in [5.41, 5.74) is 2.96. The molecule has 0 aliphatic carbocycles. The van der Waals surface area contributed by atoms with Crippen LogP contribution in [0.25, 0.3) is 10.8 Å². The van der Waals surface area contributed by atoms with Crippen LogP contribution in [0.5, 0.6) is 11.5 Å². The number of rotatable bonds is 10. The zero-order valence-corrected chi connectivity index (χ0v) is 25.9. The Hall–Kier alpha value is -5.02. The number of fused-ring (bicyclic) bond motifs is 1. The number of methoxy groups -OCH3 is 1. The number of hydrogen-bond donors (Lipinski definition) is 5. The summed E-state index contributed by atoms with van der Waals surface area (Å²) < 4.78 is 66.8. The normalized spacial score (nSPS) is 12.0. The molecule has 0 spiro atoms. The van der Waals surface area contributed by atoms with Crippen LogP contribution >= 0.6 is 0 Å². The zero-order chi connectivity index (χ0) is 32.4. The van der Waals surface area contributed by atoms with Crippen molar-refractivity contribution in [2.45, 2.75) is 16.7 Å². The molecular formula is C31H29N5O7S2. The van der Waals surface area contributed by atoms with Gasteiger partial charge in [0.15, 0.2) is 0 Å². The van der Waals surface area contributed by atoms with Crippen LogP contribution in [0.1, 0.15) is 5.56 Å². The number of nitrogens with zero attached hydrogens (tertiary/aromatic N) is 2. The summed E-state index contributed by atoms with van der Waals surface area (Å²) in [6.07, 6.45) is 0. The molecule has 12 nitrogen and oxygen atoms in total. The van der Waals surface area contributed by atoms with Crippen molar-refractivity contribution in [3.05, 3.63) is 96.6 Å². The molecule has 45 heavy (non-hydrogen) atoms. The Morgan fingerprint density at radius 1 is 0.800 bits per heavy atom. The number of aromatic hydroxyl groups is 1. The Balaban J connectivity index is 1.49. The molecule has 0 saturated carbocycles. The van der Waals surface area contributed by atoms with Crippen molar-refractivity contribution >= 4 is 65.0 Å². The third-order valence-corrected chi connectivity index (χ3v) is 9.19. The van der Waals surface area contributed by atoms with Crippen LogP contribution in [0.4, 0.5) is 34.1 Å². The van der Waals surface area contributed by atoms with E-state index in [1.165, 1.54) is 44.5 Å². The maximum absolute atomic E-state index is 12.5. The maximum atomic E-state index is 12.5. The lowest BCUT2D eigenvalue weighted by Crippen LogP contribution is -2.18. The summed E-state index contributed by atoms with van der Waals surface area (Å²) in [6.45, 7) is 1.74. The minimum absolute atomic E-state index is 0.0859. The molecule has 232 valence electrons. The highest BCUT2D eigenvalue weighted by molar-refractivity contribution is 7.89. The second-order valence-corrected chi connectivity index (χ2v) is 13.1. The van der Waals surface area contributed by atoms with Gasteiger partial charge in [-0.25, -0.2) is 13.1 Å². The molecule has 0 amide bonds. The van der Waals surface area contributed by atoms with Crippen molar-refractivity contribution in [2.24, 2.45) is 10.2 Å². The van der Waals surface area contributed by atoms with E-state index in [1.54, 1.807) is 37.3 Å². The molecule has 0 saturated heterocycles. The van der Waals surface area contributed by atoms with E-state index in [9.17, 15) is 26.5 Å². The van der Waals surface area contributed by atoms with E-state index in [0.29, 0.717) is 33.4 Å². The number of ether oxygens (including phenoxy) is 1. The monoisotopic (exact) mass is 647 g/mol. The van der Waals surface area contributed by atoms with Crippen molar-refractivity contribution in [1.29, 1.82) is 0 Å². The fourth-order valence-corrected chi connectivity index (χ4v) is 5.97. The number of azo groups is 1. The molecule has 0 atom stereocenters. The van der Waals surface area contributed by atoms with Gasteiger partial charge in [-0.1, -0.05) is 18.2 Å². The molecule has 5 rings (SSSR count). The number of hydrogen-bond acceptors (Lipinski definition) is 10. The summed E-state index contributed by atoms with van der Waals surface area (Å²) in [6, 6.07) is 24.7. The molecule has 5 aromatic carbocycles. The van der Waals surface area contributed by atoms with Crippen LogP contribution in [0, 0.1) is 6.92 Å². The second-order valence-electron chi connectivity index (χ2n) is 9.87. The minimum Gasteiger partial charge on any atom is -0.505 e. The molecule has 0 aromatic heterocycles. The third kappa shape index (κ3) is 6.89. The summed E-state index contributed by atoms with van der Waals surface area (Å²) >= 11 is 0. The predicted molar refractivity (Wildman–Crippen MR) is 173 cm³/mol. The summed E-state index contributed by atoms with van der Waals surface area (Å²) in [7, 11) is -5.65. The first-order valence-electron chi connectivity index (χ1n) is 13.4. The predicted octanol–water partition coefficient (Wildman–Crippen LogP) is 6.92. The Kier molecular flexibility index (Phi) is 8.75. The molecule has 0 aliphatic heterocycles. The molecule has 0 fully saturated rings. The topological polar surface area (TPSA) is 179 Å². The summed E-state index contributed by atoms with van der Waals surface area (Å²) in [4.78, 5) is -0.445. The first-order valence-corrected chi connectivity index (χ1v) is 16.3. The van der Waals surface area contributed by atoms with Gasteiger partial charge in [0, 0.05) is 22.8 Å². The SMILES string of the molecule is CNS(=O)(=O)c1ccc(N=Nc2cc(OC)c(Nc3c(S(=O)(=O)O)cc4cc(Nc5ccccc5)ccc4c3O)cc2C)cc1. The van der Waals surface area contributed by atoms with Crippen LogP contribution < -0.4 is 20.1 Å². The number of nitrogens with one attached hydrogen (secondary N) is 3. The highest BCUT2D eigenvalue weighted by atomic mass is 32.2. The number of benzene rings is 5. The van der Waals surface area contributed by atoms with Crippen molar-refractivity contribution < 1.29 is 31.2 Å². The molecule has 14 heteroatoms. The van der Waals surface area contributed by atoms with Gasteiger partial charge >= 0.3 is 0 Å². The molecule has 5 aromatic rings. The number of para-hydroxylation sites is 1. The standard InChI is InChI=1S/C31H29N5O7S2/c1-19-15-27(28(43-3)18-26(19)36-35-22-9-12-24(13-10-22)44(38,39)32-2)34-30-29(45(40,41)42)17-20-16-23(11-14-25(20)31(30)37)33-21-7-5-4-6-8-21/h4-18,32-34,37H,1-3H3,(H,40,41,42). The minimum atomic E-state index is -4.79. The number of phenols is 1.